The summed E-state index contributed by atoms with van der Waals surface area (Å²) in [6, 6.07) is 51.3. The van der Waals surface area contributed by atoms with Crippen LogP contribution in [0.5, 0.6) is 0 Å². The van der Waals surface area contributed by atoms with Crippen LogP contribution in [0.3, 0.4) is 0 Å². The van der Waals surface area contributed by atoms with Crippen molar-refractivity contribution in [1.82, 2.24) is 25.4 Å². The number of rotatable bonds is 17. The van der Waals surface area contributed by atoms with E-state index in [4.69, 9.17) is 14.6 Å². The van der Waals surface area contributed by atoms with Gasteiger partial charge >= 0.3 is 5.97 Å². The van der Waals surface area contributed by atoms with Gasteiger partial charge in [-0.05, 0) is 57.0 Å². The molecular formula is C53H44N8O6S3. The standard InChI is InChI=1S/C53H44N8O6S3/c1-34(62)54-42-28-29-43(59-58-42)68-31-30-37-32-69-50-45(49(64)61(50)46(37)51(65)67-47(35-18-8-3-9-19-35)36-20-10-4-11-21-36)56-48(63)44(60-66-2)41-33-70-52(55-41)57-53(38-22-12-5-13-23-38,39-24-14-6-15-25-39)40-26-16-7-17-27-40/h3-31,33,45,47,50H,32H2,1-2H3,(H,55,57)(H,56,63)(H,54,58,62). The fourth-order valence-corrected chi connectivity index (χ4v) is 10.9. The minimum atomic E-state index is -1.03. The van der Waals surface area contributed by atoms with E-state index in [1.54, 1.807) is 29.0 Å². The Kier molecular flexibility index (Phi) is 14.6. The summed E-state index contributed by atoms with van der Waals surface area (Å²) in [5.41, 5.74) is 4.20. The van der Waals surface area contributed by atoms with Crippen molar-refractivity contribution in [2.75, 3.05) is 23.5 Å². The van der Waals surface area contributed by atoms with Gasteiger partial charge in [0.1, 0.15) is 40.5 Å². The van der Waals surface area contributed by atoms with Gasteiger partial charge in [-0.2, -0.15) is 0 Å². The normalized spacial score (nSPS) is 15.8. The number of carbonyl (C=O) groups excluding carboxylic acids is 4. The largest absolute Gasteiger partial charge is 0.448 e. The van der Waals surface area contributed by atoms with Crippen LogP contribution < -0.4 is 16.0 Å². The second-order valence-corrected chi connectivity index (χ2v) is 18.7. The monoisotopic (exact) mass is 984 g/mol. The summed E-state index contributed by atoms with van der Waals surface area (Å²) in [6.07, 6.45) is 0.953. The lowest BCUT2D eigenvalue weighted by atomic mass is 9.77. The Morgan fingerprint density at radius 2 is 1.37 bits per heavy atom. The molecule has 1 saturated heterocycles. The number of nitrogens with zero attached hydrogens (tertiary/aromatic N) is 5. The van der Waals surface area contributed by atoms with Crippen molar-refractivity contribution in [2.24, 2.45) is 5.16 Å². The third kappa shape index (κ3) is 10.1. The van der Waals surface area contributed by atoms with Gasteiger partial charge in [0.15, 0.2) is 22.8 Å². The number of β-lactam (4-membered cyclic amide) rings is 1. The highest BCUT2D eigenvalue weighted by molar-refractivity contribution is 8.02. The number of thiazole rings is 1. The summed E-state index contributed by atoms with van der Waals surface area (Å²) in [6.45, 7) is 1.38. The van der Waals surface area contributed by atoms with Crippen molar-refractivity contribution >= 4 is 75.2 Å². The maximum absolute atomic E-state index is 14.6. The molecule has 1 fully saturated rings. The first kappa shape index (κ1) is 47.2. The lowest BCUT2D eigenvalue weighted by molar-refractivity contribution is -0.154. The van der Waals surface area contributed by atoms with Crippen LogP contribution in [0.4, 0.5) is 10.9 Å². The van der Waals surface area contributed by atoms with Crippen LogP contribution in [-0.4, -0.2) is 73.8 Å². The van der Waals surface area contributed by atoms with Crippen LogP contribution >= 0.6 is 34.9 Å². The van der Waals surface area contributed by atoms with Crippen molar-refractivity contribution in [3.8, 4) is 0 Å². The molecule has 350 valence electrons. The summed E-state index contributed by atoms with van der Waals surface area (Å²) in [5.74, 6) is -1.57. The summed E-state index contributed by atoms with van der Waals surface area (Å²) in [7, 11) is 1.33. The maximum Gasteiger partial charge on any atom is 0.356 e. The van der Waals surface area contributed by atoms with Crippen LogP contribution in [0.15, 0.2) is 202 Å². The van der Waals surface area contributed by atoms with E-state index in [1.165, 1.54) is 53.8 Å². The number of anilines is 2. The molecule has 2 atom stereocenters. The number of allylic oxidation sites excluding steroid dienone is 1. The van der Waals surface area contributed by atoms with Crippen molar-refractivity contribution in [2.45, 2.75) is 35.0 Å². The summed E-state index contributed by atoms with van der Waals surface area (Å²) in [5, 5.41) is 25.3. The van der Waals surface area contributed by atoms with Crippen LogP contribution in [0.25, 0.3) is 0 Å². The van der Waals surface area contributed by atoms with Crippen molar-refractivity contribution in [3.05, 3.63) is 225 Å². The van der Waals surface area contributed by atoms with E-state index >= 15 is 0 Å². The number of carbonyl (C=O) groups is 4. The van der Waals surface area contributed by atoms with Crippen LogP contribution in [0.1, 0.15) is 46.5 Å². The van der Waals surface area contributed by atoms with E-state index in [9.17, 15) is 19.2 Å². The van der Waals surface area contributed by atoms with Crippen LogP contribution in [0, 0.1) is 0 Å². The van der Waals surface area contributed by atoms with E-state index in [0.717, 1.165) is 27.8 Å². The number of ether oxygens (including phenoxy) is 1. The Labute approximate surface area is 416 Å². The molecule has 3 N–H and O–H groups in total. The first-order valence-corrected chi connectivity index (χ1v) is 24.8. The summed E-state index contributed by atoms with van der Waals surface area (Å²) >= 11 is 3.93. The minimum absolute atomic E-state index is 0.0554. The molecule has 9 rings (SSSR count). The number of oxime groups is 1. The summed E-state index contributed by atoms with van der Waals surface area (Å²) < 4.78 is 6.33. The predicted octanol–water partition coefficient (Wildman–Crippen LogP) is 8.94. The fraction of sp³-hybridized carbons (Fsp3) is 0.132. The molecule has 2 aliphatic heterocycles. The van der Waals surface area contributed by atoms with E-state index in [-0.39, 0.29) is 23.0 Å². The van der Waals surface area contributed by atoms with Crippen LogP contribution in [-0.2, 0) is 34.3 Å². The first-order chi connectivity index (χ1) is 34.2. The van der Waals surface area contributed by atoms with E-state index in [1.807, 2.05) is 115 Å². The van der Waals surface area contributed by atoms with Crippen molar-refractivity contribution in [3.63, 3.8) is 0 Å². The lowest BCUT2D eigenvalue weighted by Crippen LogP contribution is -2.71. The van der Waals surface area contributed by atoms with Gasteiger partial charge in [0.05, 0.1) is 0 Å². The number of fused-ring (bicyclic) bond motifs is 1. The number of hydrogen-bond acceptors (Lipinski definition) is 14. The molecule has 5 aromatic carbocycles. The highest BCUT2D eigenvalue weighted by Gasteiger charge is 2.55. The van der Waals surface area contributed by atoms with E-state index < -0.39 is 40.8 Å². The molecule has 70 heavy (non-hydrogen) atoms. The zero-order valence-corrected chi connectivity index (χ0v) is 40.1. The smallest absolute Gasteiger partial charge is 0.356 e. The van der Waals surface area contributed by atoms with E-state index in [0.29, 0.717) is 27.3 Å². The predicted molar refractivity (Wildman–Crippen MR) is 273 cm³/mol. The molecule has 7 aromatic rings. The third-order valence-electron chi connectivity index (χ3n) is 11.4. The molecule has 2 aliphatic rings. The number of nitrogens with one attached hydrogen (secondary N) is 3. The molecule has 2 unspecified atom stereocenters. The SMILES string of the molecule is CON=C(C(=O)NC1C(=O)N2C(C(=O)OC(c3ccccc3)c3ccccc3)=C(C=CSc3ccc(NC(C)=O)nn3)CSC12)c1csc(NC(c2ccccc2)(c2ccccc2)c2ccccc2)n1. The topological polar surface area (TPSA) is 177 Å². The average molecular weight is 985 g/mol. The Balaban J connectivity index is 0.982. The molecule has 0 bridgehead atoms. The molecule has 17 heteroatoms. The Morgan fingerprint density at radius 3 is 1.90 bits per heavy atom. The van der Waals surface area contributed by atoms with Gasteiger partial charge in [-0.1, -0.05) is 169 Å². The zero-order chi connectivity index (χ0) is 48.5. The van der Waals surface area contributed by atoms with Crippen molar-refractivity contribution < 1.29 is 28.8 Å². The maximum atomic E-state index is 14.6. The number of thioether (sulfide) groups is 2. The Morgan fingerprint density at radius 1 is 0.800 bits per heavy atom. The Hall–Kier alpha value is -7.86. The molecule has 0 saturated carbocycles. The molecule has 2 aromatic heterocycles. The first-order valence-electron chi connectivity index (χ1n) is 22.0. The Bertz CT molecular complexity index is 2930. The highest BCUT2D eigenvalue weighted by Crippen LogP contribution is 2.43. The van der Waals surface area contributed by atoms with Gasteiger partial charge in [0.2, 0.25) is 5.91 Å². The van der Waals surface area contributed by atoms with Crippen molar-refractivity contribution in [1.29, 1.82) is 0 Å². The van der Waals surface area contributed by atoms with Gasteiger partial charge in [-0.3, -0.25) is 19.3 Å². The lowest BCUT2D eigenvalue weighted by Gasteiger charge is -2.49. The second-order valence-electron chi connectivity index (χ2n) is 15.8. The third-order valence-corrected chi connectivity index (χ3v) is 14.2. The van der Waals surface area contributed by atoms with Gasteiger partial charge in [0, 0.05) is 18.1 Å². The molecule has 3 amide bonds. The molecule has 0 aliphatic carbocycles. The van der Waals surface area contributed by atoms with Gasteiger partial charge < -0.3 is 25.5 Å². The molecule has 0 radical (unpaired) electrons. The minimum Gasteiger partial charge on any atom is -0.448 e. The number of aromatic nitrogens is 3. The second kappa shape index (κ2) is 21.6. The number of amides is 3. The molecule has 0 spiro atoms. The quantitative estimate of drug-likeness (QED) is 0.0198. The molecular weight excluding hydrogens is 941 g/mol. The number of hydrogen-bond donors (Lipinski definition) is 3. The number of benzene rings is 5. The highest BCUT2D eigenvalue weighted by atomic mass is 32.2. The van der Waals surface area contributed by atoms with Gasteiger partial charge in [0.25, 0.3) is 11.8 Å². The van der Waals surface area contributed by atoms with Crippen LogP contribution in [0.2, 0.25) is 0 Å². The van der Waals surface area contributed by atoms with E-state index in [2.05, 4.69) is 67.7 Å². The summed E-state index contributed by atoms with van der Waals surface area (Å²) in [4.78, 5) is 66.2. The fourth-order valence-electron chi connectivity index (χ4n) is 8.21. The average Bonchev–Trinajstić information content (AvgIpc) is 3.87. The van der Waals surface area contributed by atoms with Gasteiger partial charge in [-0.25, -0.2) is 9.78 Å². The zero-order valence-electron chi connectivity index (χ0n) is 37.7. The number of esters is 1. The van der Waals surface area contributed by atoms with Gasteiger partial charge in [-0.15, -0.1) is 33.3 Å². The molecule has 4 heterocycles. The molecule has 14 nitrogen and oxygen atoms in total.